The molecule has 7 nitrogen and oxygen atoms in total. The van der Waals surface area contributed by atoms with Crippen LogP contribution in [0, 0.1) is 19.8 Å². The standard InChI is InChI=1S/C20H27N5O2/c1-14-12-15(2)25(23-14)16(3)13-22-19(26)17-7-10-24(11-8-17)20(27)18-6-4-5-9-21-18/h4-6,9,12,16-17H,7-8,10-11,13H2,1-3H3,(H,22,26)/t16-/m0/s1. The van der Waals surface area contributed by atoms with Crippen LogP contribution in [0.4, 0.5) is 0 Å². The minimum absolute atomic E-state index is 0.0505. The van der Waals surface area contributed by atoms with Crippen LogP contribution in [0.5, 0.6) is 0 Å². The van der Waals surface area contributed by atoms with Gasteiger partial charge in [-0.1, -0.05) is 6.07 Å². The Kier molecular flexibility index (Phi) is 5.88. The highest BCUT2D eigenvalue weighted by Crippen LogP contribution is 2.19. The molecule has 3 heterocycles. The Morgan fingerprint density at radius 1 is 1.26 bits per heavy atom. The molecule has 0 aromatic carbocycles. The Hall–Kier alpha value is -2.70. The highest BCUT2D eigenvalue weighted by Gasteiger charge is 2.28. The monoisotopic (exact) mass is 369 g/mol. The van der Waals surface area contributed by atoms with Crippen molar-refractivity contribution < 1.29 is 9.59 Å². The van der Waals surface area contributed by atoms with Crippen LogP contribution in [0.2, 0.25) is 0 Å². The Morgan fingerprint density at radius 2 is 2.00 bits per heavy atom. The summed E-state index contributed by atoms with van der Waals surface area (Å²) >= 11 is 0. The van der Waals surface area contributed by atoms with E-state index < -0.39 is 0 Å². The lowest BCUT2D eigenvalue weighted by atomic mass is 9.95. The zero-order valence-electron chi connectivity index (χ0n) is 16.2. The number of aryl methyl sites for hydroxylation is 2. The predicted molar refractivity (Wildman–Crippen MR) is 102 cm³/mol. The first-order valence-electron chi connectivity index (χ1n) is 9.46. The molecule has 0 radical (unpaired) electrons. The molecule has 1 saturated heterocycles. The summed E-state index contributed by atoms with van der Waals surface area (Å²) in [6, 6.07) is 7.47. The lowest BCUT2D eigenvalue weighted by molar-refractivity contribution is -0.126. The van der Waals surface area contributed by atoms with Crippen LogP contribution in [0.1, 0.15) is 47.7 Å². The van der Waals surface area contributed by atoms with Crippen LogP contribution < -0.4 is 5.32 Å². The fraction of sp³-hybridized carbons (Fsp3) is 0.500. The fourth-order valence-electron chi connectivity index (χ4n) is 3.57. The lowest BCUT2D eigenvalue weighted by Crippen LogP contribution is -2.44. The molecule has 3 rings (SSSR count). The van der Waals surface area contributed by atoms with Gasteiger partial charge in [0.05, 0.1) is 11.7 Å². The van der Waals surface area contributed by atoms with Gasteiger partial charge in [-0.15, -0.1) is 0 Å². The van der Waals surface area contributed by atoms with Gasteiger partial charge in [-0.2, -0.15) is 5.10 Å². The number of piperidine rings is 1. The third-order valence-electron chi connectivity index (χ3n) is 5.07. The second-order valence-electron chi connectivity index (χ2n) is 7.25. The third-order valence-corrected chi connectivity index (χ3v) is 5.07. The number of aromatic nitrogens is 3. The number of amides is 2. The molecule has 0 aliphatic carbocycles. The molecule has 1 aliphatic rings. The van der Waals surface area contributed by atoms with E-state index in [1.807, 2.05) is 37.6 Å². The number of pyridine rings is 1. The summed E-state index contributed by atoms with van der Waals surface area (Å²) in [5, 5.41) is 7.52. The first-order chi connectivity index (χ1) is 13.0. The normalized spacial score (nSPS) is 16.2. The number of rotatable bonds is 5. The molecule has 2 amide bonds. The van der Waals surface area contributed by atoms with Crippen molar-refractivity contribution in [2.75, 3.05) is 19.6 Å². The van der Waals surface area contributed by atoms with E-state index in [9.17, 15) is 9.59 Å². The number of hydrogen-bond donors (Lipinski definition) is 1. The second-order valence-corrected chi connectivity index (χ2v) is 7.25. The van der Waals surface area contributed by atoms with Crippen molar-refractivity contribution in [3.8, 4) is 0 Å². The molecule has 144 valence electrons. The molecule has 27 heavy (non-hydrogen) atoms. The molecule has 0 saturated carbocycles. The summed E-state index contributed by atoms with van der Waals surface area (Å²) < 4.78 is 1.95. The maximum Gasteiger partial charge on any atom is 0.272 e. The van der Waals surface area contributed by atoms with Crippen LogP contribution >= 0.6 is 0 Å². The van der Waals surface area contributed by atoms with Crippen molar-refractivity contribution in [1.29, 1.82) is 0 Å². The number of nitrogens with zero attached hydrogens (tertiary/aromatic N) is 4. The molecular weight excluding hydrogens is 342 g/mol. The first-order valence-corrected chi connectivity index (χ1v) is 9.46. The van der Waals surface area contributed by atoms with Crippen molar-refractivity contribution >= 4 is 11.8 Å². The highest BCUT2D eigenvalue weighted by atomic mass is 16.2. The molecule has 1 fully saturated rings. The molecule has 1 atom stereocenters. The van der Waals surface area contributed by atoms with E-state index >= 15 is 0 Å². The summed E-state index contributed by atoms with van der Waals surface area (Å²) in [4.78, 5) is 30.8. The van der Waals surface area contributed by atoms with Crippen molar-refractivity contribution in [3.63, 3.8) is 0 Å². The zero-order valence-corrected chi connectivity index (χ0v) is 16.2. The van der Waals surface area contributed by atoms with Gasteiger partial charge in [0.1, 0.15) is 5.69 Å². The Morgan fingerprint density at radius 3 is 2.59 bits per heavy atom. The van der Waals surface area contributed by atoms with Crippen molar-refractivity contribution in [2.24, 2.45) is 5.92 Å². The largest absolute Gasteiger partial charge is 0.354 e. The summed E-state index contributed by atoms with van der Waals surface area (Å²) in [6.07, 6.45) is 2.98. The molecule has 0 bridgehead atoms. The van der Waals surface area contributed by atoms with E-state index in [-0.39, 0.29) is 23.8 Å². The Bertz CT molecular complexity index is 794. The molecule has 1 aliphatic heterocycles. The summed E-state index contributed by atoms with van der Waals surface area (Å²) in [6.45, 7) is 7.75. The molecule has 7 heteroatoms. The summed E-state index contributed by atoms with van der Waals surface area (Å²) in [5.74, 6) is -0.0497. The number of hydrogen-bond acceptors (Lipinski definition) is 4. The predicted octanol–water partition coefficient (Wildman–Crippen LogP) is 2.12. The third kappa shape index (κ3) is 4.53. The van der Waals surface area contributed by atoms with Gasteiger partial charge in [-0.05, 0) is 51.8 Å². The van der Waals surface area contributed by atoms with Gasteiger partial charge in [0.25, 0.3) is 5.91 Å². The van der Waals surface area contributed by atoms with Gasteiger partial charge in [-0.25, -0.2) is 0 Å². The molecule has 2 aromatic rings. The van der Waals surface area contributed by atoms with Crippen LogP contribution in [0.25, 0.3) is 0 Å². The van der Waals surface area contributed by atoms with Gasteiger partial charge in [-0.3, -0.25) is 19.3 Å². The number of nitrogens with one attached hydrogen (secondary N) is 1. The molecular formula is C20H27N5O2. The topological polar surface area (TPSA) is 80.1 Å². The van der Waals surface area contributed by atoms with Gasteiger partial charge < -0.3 is 10.2 Å². The maximum absolute atomic E-state index is 12.5. The van der Waals surface area contributed by atoms with Crippen molar-refractivity contribution in [2.45, 2.75) is 39.7 Å². The molecule has 0 spiro atoms. The number of carbonyl (C=O) groups is 2. The molecule has 0 unspecified atom stereocenters. The Balaban J connectivity index is 1.47. The SMILES string of the molecule is Cc1cc(C)n([C@@H](C)CNC(=O)C2CCN(C(=O)c3ccccn3)CC2)n1. The van der Waals surface area contributed by atoms with E-state index in [4.69, 9.17) is 0 Å². The minimum Gasteiger partial charge on any atom is -0.354 e. The Labute approximate surface area is 159 Å². The van der Waals surface area contributed by atoms with E-state index in [0.29, 0.717) is 38.2 Å². The number of carbonyl (C=O) groups excluding carboxylic acids is 2. The fourth-order valence-corrected chi connectivity index (χ4v) is 3.57. The van der Waals surface area contributed by atoms with Gasteiger partial charge in [0.2, 0.25) is 5.91 Å². The van der Waals surface area contributed by atoms with E-state index in [2.05, 4.69) is 15.4 Å². The van der Waals surface area contributed by atoms with Crippen LogP contribution in [0.15, 0.2) is 30.5 Å². The van der Waals surface area contributed by atoms with Crippen molar-refractivity contribution in [1.82, 2.24) is 25.0 Å². The molecule has 1 N–H and O–H groups in total. The smallest absolute Gasteiger partial charge is 0.272 e. The van der Waals surface area contributed by atoms with E-state index in [1.54, 1.807) is 23.2 Å². The highest BCUT2D eigenvalue weighted by molar-refractivity contribution is 5.92. The van der Waals surface area contributed by atoms with E-state index in [1.165, 1.54) is 0 Å². The maximum atomic E-state index is 12.5. The minimum atomic E-state index is -0.0624. The van der Waals surface area contributed by atoms with Gasteiger partial charge in [0.15, 0.2) is 0 Å². The average Bonchev–Trinajstić information content (AvgIpc) is 3.04. The second kappa shape index (κ2) is 8.33. The van der Waals surface area contributed by atoms with E-state index in [0.717, 1.165) is 11.4 Å². The summed E-state index contributed by atoms with van der Waals surface area (Å²) in [5.41, 5.74) is 2.53. The first kappa shape index (κ1) is 19.1. The van der Waals surface area contributed by atoms with Crippen LogP contribution in [-0.2, 0) is 4.79 Å². The van der Waals surface area contributed by atoms with Gasteiger partial charge in [0, 0.05) is 37.4 Å². The number of likely N-dealkylation sites (tertiary alicyclic amines) is 1. The van der Waals surface area contributed by atoms with Crippen LogP contribution in [-0.4, -0.2) is 51.1 Å². The van der Waals surface area contributed by atoms with Crippen LogP contribution in [0.3, 0.4) is 0 Å². The van der Waals surface area contributed by atoms with Gasteiger partial charge >= 0.3 is 0 Å². The van der Waals surface area contributed by atoms with Crippen molar-refractivity contribution in [3.05, 3.63) is 47.5 Å². The quantitative estimate of drug-likeness (QED) is 0.875. The average molecular weight is 369 g/mol. The zero-order chi connectivity index (χ0) is 19.4. The molecule has 2 aromatic heterocycles. The summed E-state index contributed by atoms with van der Waals surface area (Å²) in [7, 11) is 0. The lowest BCUT2D eigenvalue weighted by Gasteiger charge is -2.31.